The van der Waals surface area contributed by atoms with Gasteiger partial charge in [0.25, 0.3) is 12.3 Å². The smallest absolute Gasteiger partial charge is 0.255 e. The number of rotatable bonds is 7. The lowest BCUT2D eigenvalue weighted by atomic mass is 10.0. The fourth-order valence-electron chi connectivity index (χ4n) is 4.94. The molecule has 0 aromatic heterocycles. The van der Waals surface area contributed by atoms with Crippen molar-refractivity contribution in [3.8, 4) is 5.75 Å². The van der Waals surface area contributed by atoms with Crippen LogP contribution in [0, 0.1) is 0 Å². The average Bonchev–Trinajstić information content (AvgIpc) is 3.30. The summed E-state index contributed by atoms with van der Waals surface area (Å²) in [7, 11) is 0. The van der Waals surface area contributed by atoms with Crippen LogP contribution >= 0.6 is 0 Å². The number of amides is 3. The second-order valence-electron chi connectivity index (χ2n) is 8.35. The molecular weight excluding hydrogens is 408 g/mol. The summed E-state index contributed by atoms with van der Waals surface area (Å²) in [6.45, 7) is 2.43. The quantitative estimate of drug-likeness (QED) is 0.665. The van der Waals surface area contributed by atoms with E-state index in [9.17, 15) is 23.2 Å². The Morgan fingerprint density at radius 2 is 2.03 bits per heavy atom. The molecule has 3 amide bonds. The summed E-state index contributed by atoms with van der Waals surface area (Å²) in [6.07, 6.45) is 0.489. The standard InChI is InChI=1S/C22H27F2N3O4/c1-2-26(12-19(23)24)16-4-3-5-18(16)31-14-6-7-15-13(10-14)11-27(22(15)30)17-8-9-20(28)25-21(17)29/h6-7,10,16-19H,2-5,8-9,11-12H2,1H3,(H,25,28,29)/t16-,17?,18-/m1/s1. The van der Waals surface area contributed by atoms with E-state index in [0.717, 1.165) is 24.8 Å². The normalized spacial score (nSPS) is 26.0. The zero-order valence-electron chi connectivity index (χ0n) is 17.5. The summed E-state index contributed by atoms with van der Waals surface area (Å²) >= 11 is 0. The van der Waals surface area contributed by atoms with Crippen LogP contribution in [0.3, 0.4) is 0 Å². The van der Waals surface area contributed by atoms with Gasteiger partial charge in [-0.25, -0.2) is 8.78 Å². The van der Waals surface area contributed by atoms with Crippen molar-refractivity contribution in [1.29, 1.82) is 0 Å². The van der Waals surface area contributed by atoms with Gasteiger partial charge in [-0.15, -0.1) is 0 Å². The molecule has 1 unspecified atom stereocenters. The predicted octanol–water partition coefficient (Wildman–Crippen LogP) is 2.33. The predicted molar refractivity (Wildman–Crippen MR) is 108 cm³/mol. The maximum absolute atomic E-state index is 12.9. The fourth-order valence-corrected chi connectivity index (χ4v) is 4.94. The molecule has 31 heavy (non-hydrogen) atoms. The number of nitrogens with one attached hydrogen (secondary N) is 1. The Labute approximate surface area is 179 Å². The van der Waals surface area contributed by atoms with Gasteiger partial charge in [0.1, 0.15) is 17.9 Å². The highest BCUT2D eigenvalue weighted by molar-refractivity contribution is 6.05. The number of benzene rings is 1. The third kappa shape index (κ3) is 4.42. The molecule has 2 heterocycles. The lowest BCUT2D eigenvalue weighted by Gasteiger charge is -2.32. The van der Waals surface area contributed by atoms with Crippen molar-refractivity contribution in [1.82, 2.24) is 15.1 Å². The van der Waals surface area contributed by atoms with Gasteiger partial charge >= 0.3 is 0 Å². The van der Waals surface area contributed by atoms with Gasteiger partial charge < -0.3 is 9.64 Å². The maximum Gasteiger partial charge on any atom is 0.255 e. The van der Waals surface area contributed by atoms with Gasteiger partial charge in [0.05, 0.1) is 6.54 Å². The summed E-state index contributed by atoms with van der Waals surface area (Å²) in [6, 6.07) is 4.50. The SMILES string of the molecule is CCN(CC(F)F)[C@@H]1CCC[C@H]1Oc1ccc2c(c1)CN(C1CCC(=O)NC1=O)C2=O. The number of fused-ring (bicyclic) bond motifs is 1. The Hall–Kier alpha value is -2.55. The molecule has 1 aromatic carbocycles. The van der Waals surface area contributed by atoms with Gasteiger partial charge in [-0.3, -0.25) is 24.6 Å². The molecule has 0 bridgehead atoms. The number of nitrogens with zero attached hydrogens (tertiary/aromatic N) is 2. The first kappa shape index (κ1) is 21.7. The zero-order chi connectivity index (χ0) is 22.1. The topological polar surface area (TPSA) is 79.0 Å². The van der Waals surface area contributed by atoms with Gasteiger partial charge in [0, 0.05) is 24.6 Å². The Bertz CT molecular complexity index is 878. The molecule has 9 heteroatoms. The molecule has 1 aliphatic carbocycles. The molecule has 168 valence electrons. The van der Waals surface area contributed by atoms with Crippen molar-refractivity contribution >= 4 is 17.7 Å². The Kier molecular flexibility index (Phi) is 6.22. The Balaban J connectivity index is 1.46. The first-order valence-electron chi connectivity index (χ1n) is 10.8. The molecule has 3 aliphatic rings. The molecule has 1 N–H and O–H groups in total. The van der Waals surface area contributed by atoms with Crippen LogP contribution in [0.5, 0.6) is 5.75 Å². The largest absolute Gasteiger partial charge is 0.489 e. The molecule has 0 spiro atoms. The van der Waals surface area contributed by atoms with E-state index in [1.54, 1.807) is 23.1 Å². The number of carbonyl (C=O) groups is 3. The van der Waals surface area contributed by atoms with E-state index < -0.39 is 18.4 Å². The van der Waals surface area contributed by atoms with E-state index in [0.29, 0.717) is 24.3 Å². The Morgan fingerprint density at radius 1 is 1.23 bits per heavy atom. The number of halogens is 2. The molecule has 3 atom stereocenters. The number of hydrogen-bond acceptors (Lipinski definition) is 5. The molecule has 1 aromatic rings. The molecule has 2 fully saturated rings. The molecule has 7 nitrogen and oxygen atoms in total. The third-order valence-corrected chi connectivity index (χ3v) is 6.45. The van der Waals surface area contributed by atoms with Crippen molar-refractivity contribution in [2.45, 2.75) is 70.2 Å². The van der Waals surface area contributed by atoms with Crippen LogP contribution in [0.25, 0.3) is 0 Å². The highest BCUT2D eigenvalue weighted by Gasteiger charge is 2.39. The van der Waals surface area contributed by atoms with Gasteiger partial charge in [-0.2, -0.15) is 0 Å². The van der Waals surface area contributed by atoms with Crippen molar-refractivity contribution in [2.24, 2.45) is 0 Å². The fraction of sp³-hybridized carbons (Fsp3) is 0.591. The van der Waals surface area contributed by atoms with E-state index in [1.165, 1.54) is 4.90 Å². The minimum absolute atomic E-state index is 0.0612. The molecule has 0 radical (unpaired) electrons. The summed E-state index contributed by atoms with van der Waals surface area (Å²) < 4.78 is 32.1. The Morgan fingerprint density at radius 3 is 2.74 bits per heavy atom. The molecule has 4 rings (SSSR count). The summed E-state index contributed by atoms with van der Waals surface area (Å²) in [4.78, 5) is 39.7. The van der Waals surface area contributed by atoms with Crippen LogP contribution in [0.1, 0.15) is 54.9 Å². The van der Waals surface area contributed by atoms with E-state index >= 15 is 0 Å². The van der Waals surface area contributed by atoms with E-state index in [4.69, 9.17) is 4.74 Å². The van der Waals surface area contributed by atoms with E-state index in [1.807, 2.05) is 6.92 Å². The van der Waals surface area contributed by atoms with Gasteiger partial charge in [-0.1, -0.05) is 6.92 Å². The van der Waals surface area contributed by atoms with E-state index in [2.05, 4.69) is 5.32 Å². The number of imide groups is 1. The molecule has 1 saturated heterocycles. The molecule has 1 saturated carbocycles. The first-order valence-corrected chi connectivity index (χ1v) is 10.8. The number of ether oxygens (including phenoxy) is 1. The maximum atomic E-state index is 12.9. The van der Waals surface area contributed by atoms with Crippen LogP contribution in [0.2, 0.25) is 0 Å². The molecule has 2 aliphatic heterocycles. The van der Waals surface area contributed by atoms with Crippen LogP contribution in [-0.4, -0.2) is 65.2 Å². The van der Waals surface area contributed by atoms with Crippen LogP contribution in [-0.2, 0) is 16.1 Å². The third-order valence-electron chi connectivity index (χ3n) is 6.45. The number of likely N-dealkylation sites (N-methyl/N-ethyl adjacent to an activating group) is 1. The minimum Gasteiger partial charge on any atom is -0.489 e. The van der Waals surface area contributed by atoms with Crippen LogP contribution < -0.4 is 10.1 Å². The van der Waals surface area contributed by atoms with E-state index in [-0.39, 0.29) is 43.5 Å². The lowest BCUT2D eigenvalue weighted by Crippen LogP contribution is -2.52. The van der Waals surface area contributed by atoms with Crippen molar-refractivity contribution in [3.05, 3.63) is 29.3 Å². The number of alkyl halides is 2. The van der Waals surface area contributed by atoms with Crippen LogP contribution in [0.15, 0.2) is 18.2 Å². The summed E-state index contributed by atoms with van der Waals surface area (Å²) in [5.41, 5.74) is 1.29. The second-order valence-corrected chi connectivity index (χ2v) is 8.35. The monoisotopic (exact) mass is 435 g/mol. The highest BCUT2D eigenvalue weighted by Crippen LogP contribution is 2.33. The number of carbonyl (C=O) groups excluding carboxylic acids is 3. The number of piperidine rings is 1. The van der Waals surface area contributed by atoms with Crippen molar-refractivity contribution < 1.29 is 27.9 Å². The van der Waals surface area contributed by atoms with Crippen molar-refractivity contribution in [2.75, 3.05) is 13.1 Å². The van der Waals surface area contributed by atoms with Crippen molar-refractivity contribution in [3.63, 3.8) is 0 Å². The lowest BCUT2D eigenvalue weighted by molar-refractivity contribution is -0.136. The zero-order valence-corrected chi connectivity index (χ0v) is 17.5. The van der Waals surface area contributed by atoms with Gasteiger partial charge in [0.15, 0.2) is 0 Å². The summed E-state index contributed by atoms with van der Waals surface area (Å²) in [5.74, 6) is -0.396. The molecular formula is C22H27F2N3O4. The minimum atomic E-state index is -2.38. The van der Waals surface area contributed by atoms with Crippen LogP contribution in [0.4, 0.5) is 8.78 Å². The van der Waals surface area contributed by atoms with Gasteiger partial charge in [-0.05, 0) is 56.0 Å². The summed E-state index contributed by atoms with van der Waals surface area (Å²) in [5, 5.41) is 2.29. The van der Waals surface area contributed by atoms with Gasteiger partial charge in [0.2, 0.25) is 11.8 Å². The highest BCUT2D eigenvalue weighted by atomic mass is 19.3. The second kappa shape index (κ2) is 8.90. The number of hydrogen-bond donors (Lipinski definition) is 1. The average molecular weight is 435 g/mol. The first-order chi connectivity index (χ1) is 14.9.